The van der Waals surface area contributed by atoms with Crippen molar-refractivity contribution >= 4 is 27.3 Å². The lowest BCUT2D eigenvalue weighted by molar-refractivity contribution is -0.122. The SMILES string of the molecule is CCc1ccc(NC(=O)C2CN(S(C)(=O)=O)c3ccccc3O2)cc1. The van der Waals surface area contributed by atoms with Gasteiger partial charge < -0.3 is 10.1 Å². The number of carbonyl (C=O) groups excluding carboxylic acids is 1. The van der Waals surface area contributed by atoms with E-state index < -0.39 is 16.1 Å². The molecule has 1 aliphatic rings. The number of ether oxygens (including phenoxy) is 1. The fourth-order valence-electron chi connectivity index (χ4n) is 2.70. The maximum absolute atomic E-state index is 12.5. The summed E-state index contributed by atoms with van der Waals surface area (Å²) in [5.74, 6) is -0.00643. The summed E-state index contributed by atoms with van der Waals surface area (Å²) >= 11 is 0. The van der Waals surface area contributed by atoms with Gasteiger partial charge in [0.2, 0.25) is 10.0 Å². The number of fused-ring (bicyclic) bond motifs is 1. The maximum atomic E-state index is 12.5. The molecule has 132 valence electrons. The number of hydrogen-bond acceptors (Lipinski definition) is 4. The zero-order valence-corrected chi connectivity index (χ0v) is 14.9. The van der Waals surface area contributed by atoms with Gasteiger partial charge in [0.15, 0.2) is 6.10 Å². The Balaban J connectivity index is 1.81. The van der Waals surface area contributed by atoms with Crippen LogP contribution in [0.1, 0.15) is 12.5 Å². The normalized spacial score (nSPS) is 16.7. The van der Waals surface area contributed by atoms with Crippen LogP contribution in [0.5, 0.6) is 5.75 Å². The molecule has 1 aliphatic heterocycles. The van der Waals surface area contributed by atoms with Gasteiger partial charge in [-0.05, 0) is 36.2 Å². The van der Waals surface area contributed by atoms with Gasteiger partial charge in [0.1, 0.15) is 5.75 Å². The third-order valence-electron chi connectivity index (χ3n) is 4.06. The summed E-state index contributed by atoms with van der Waals surface area (Å²) < 4.78 is 31.1. The Bertz CT molecular complexity index is 878. The number of aryl methyl sites for hydroxylation is 1. The van der Waals surface area contributed by atoms with Crippen LogP contribution < -0.4 is 14.4 Å². The minimum atomic E-state index is -3.51. The molecule has 0 saturated carbocycles. The lowest BCUT2D eigenvalue weighted by Gasteiger charge is -2.33. The average Bonchev–Trinajstić information content (AvgIpc) is 2.60. The quantitative estimate of drug-likeness (QED) is 0.908. The fourth-order valence-corrected chi connectivity index (χ4v) is 3.61. The Hall–Kier alpha value is -2.54. The predicted octanol–water partition coefficient (Wildman–Crippen LogP) is 2.41. The minimum Gasteiger partial charge on any atom is -0.476 e. The van der Waals surface area contributed by atoms with Gasteiger partial charge in [-0.1, -0.05) is 31.2 Å². The van der Waals surface area contributed by atoms with E-state index in [1.165, 1.54) is 9.87 Å². The monoisotopic (exact) mass is 360 g/mol. The number of nitrogens with zero attached hydrogens (tertiary/aromatic N) is 1. The molecule has 1 unspecified atom stereocenters. The van der Waals surface area contributed by atoms with E-state index in [2.05, 4.69) is 12.2 Å². The lowest BCUT2D eigenvalue weighted by Crippen LogP contribution is -2.48. The first-order chi connectivity index (χ1) is 11.9. The van der Waals surface area contributed by atoms with E-state index in [-0.39, 0.29) is 12.5 Å². The summed E-state index contributed by atoms with van der Waals surface area (Å²) in [6.45, 7) is 2.00. The highest BCUT2D eigenvalue weighted by Crippen LogP contribution is 2.34. The van der Waals surface area contributed by atoms with Crippen molar-refractivity contribution in [1.29, 1.82) is 0 Å². The summed E-state index contributed by atoms with van der Waals surface area (Å²) in [6, 6.07) is 14.3. The first kappa shape index (κ1) is 17.3. The molecular formula is C18H20N2O4S. The third-order valence-corrected chi connectivity index (χ3v) is 5.20. The van der Waals surface area contributed by atoms with Crippen LogP contribution in [-0.4, -0.2) is 33.2 Å². The van der Waals surface area contributed by atoms with Crippen LogP contribution in [0.15, 0.2) is 48.5 Å². The van der Waals surface area contributed by atoms with Crippen molar-refractivity contribution in [3.05, 3.63) is 54.1 Å². The molecule has 0 radical (unpaired) electrons. The Labute approximate surface area is 147 Å². The Kier molecular flexibility index (Phi) is 4.67. The second-order valence-corrected chi connectivity index (χ2v) is 7.81. The van der Waals surface area contributed by atoms with E-state index in [1.807, 2.05) is 24.3 Å². The molecule has 1 atom stereocenters. The van der Waals surface area contributed by atoms with Crippen molar-refractivity contribution < 1.29 is 17.9 Å². The van der Waals surface area contributed by atoms with E-state index in [0.29, 0.717) is 17.1 Å². The third kappa shape index (κ3) is 3.76. The highest BCUT2D eigenvalue weighted by molar-refractivity contribution is 7.92. The van der Waals surface area contributed by atoms with Gasteiger partial charge in [0.05, 0.1) is 18.5 Å². The van der Waals surface area contributed by atoms with Crippen LogP contribution in [0.3, 0.4) is 0 Å². The zero-order chi connectivity index (χ0) is 18.0. The maximum Gasteiger partial charge on any atom is 0.267 e. The number of para-hydroxylation sites is 2. The lowest BCUT2D eigenvalue weighted by atomic mass is 10.1. The predicted molar refractivity (Wildman–Crippen MR) is 97.5 cm³/mol. The number of carbonyl (C=O) groups is 1. The summed E-state index contributed by atoms with van der Waals surface area (Å²) in [7, 11) is -3.51. The highest BCUT2D eigenvalue weighted by Gasteiger charge is 2.34. The van der Waals surface area contributed by atoms with Crippen LogP contribution in [-0.2, 0) is 21.2 Å². The summed E-state index contributed by atoms with van der Waals surface area (Å²) in [5, 5.41) is 2.78. The molecule has 0 bridgehead atoms. The fraction of sp³-hybridized carbons (Fsp3) is 0.278. The van der Waals surface area contributed by atoms with Gasteiger partial charge in [0.25, 0.3) is 5.91 Å². The van der Waals surface area contributed by atoms with Crippen molar-refractivity contribution in [2.75, 3.05) is 22.4 Å². The number of sulfonamides is 1. The van der Waals surface area contributed by atoms with E-state index in [1.54, 1.807) is 24.3 Å². The average molecular weight is 360 g/mol. The van der Waals surface area contributed by atoms with Crippen molar-refractivity contribution in [2.24, 2.45) is 0 Å². The smallest absolute Gasteiger partial charge is 0.267 e. The van der Waals surface area contributed by atoms with E-state index >= 15 is 0 Å². The molecule has 3 rings (SSSR count). The van der Waals surface area contributed by atoms with Crippen LogP contribution in [0.2, 0.25) is 0 Å². The molecular weight excluding hydrogens is 340 g/mol. The molecule has 0 fully saturated rings. The van der Waals surface area contributed by atoms with Crippen molar-refractivity contribution in [3.63, 3.8) is 0 Å². The van der Waals surface area contributed by atoms with Gasteiger partial charge in [0, 0.05) is 5.69 Å². The van der Waals surface area contributed by atoms with Crippen LogP contribution in [0, 0.1) is 0 Å². The first-order valence-corrected chi connectivity index (χ1v) is 9.86. The number of hydrogen-bond donors (Lipinski definition) is 1. The number of rotatable bonds is 4. The molecule has 2 aromatic carbocycles. The van der Waals surface area contributed by atoms with Crippen LogP contribution in [0.25, 0.3) is 0 Å². The molecule has 6 nitrogen and oxygen atoms in total. The van der Waals surface area contributed by atoms with Crippen LogP contribution in [0.4, 0.5) is 11.4 Å². The topological polar surface area (TPSA) is 75.7 Å². The molecule has 1 N–H and O–H groups in total. The first-order valence-electron chi connectivity index (χ1n) is 8.01. The zero-order valence-electron chi connectivity index (χ0n) is 14.1. The van der Waals surface area contributed by atoms with Gasteiger partial charge in [-0.3, -0.25) is 9.10 Å². The second kappa shape index (κ2) is 6.76. The second-order valence-electron chi connectivity index (χ2n) is 5.91. The molecule has 25 heavy (non-hydrogen) atoms. The summed E-state index contributed by atoms with van der Waals surface area (Å²) in [5.41, 5.74) is 2.26. The minimum absolute atomic E-state index is 0.0608. The van der Waals surface area contributed by atoms with Crippen molar-refractivity contribution in [2.45, 2.75) is 19.4 Å². The highest BCUT2D eigenvalue weighted by atomic mass is 32.2. The summed E-state index contributed by atoms with van der Waals surface area (Å²) in [4.78, 5) is 12.5. The molecule has 0 saturated heterocycles. The Morgan fingerprint density at radius 3 is 2.52 bits per heavy atom. The van der Waals surface area contributed by atoms with E-state index in [0.717, 1.165) is 12.7 Å². The summed E-state index contributed by atoms with van der Waals surface area (Å²) in [6.07, 6.45) is 1.11. The molecule has 1 amide bonds. The van der Waals surface area contributed by atoms with Crippen molar-refractivity contribution in [3.8, 4) is 5.75 Å². The Morgan fingerprint density at radius 2 is 1.88 bits per heavy atom. The Morgan fingerprint density at radius 1 is 1.20 bits per heavy atom. The standard InChI is InChI=1S/C18H20N2O4S/c1-3-13-8-10-14(11-9-13)19-18(21)17-12-20(25(2,22)23)15-6-4-5-7-16(15)24-17/h4-11,17H,3,12H2,1-2H3,(H,19,21). The number of nitrogens with one attached hydrogen (secondary N) is 1. The number of anilines is 2. The van der Waals surface area contributed by atoms with Gasteiger partial charge in [-0.2, -0.15) is 0 Å². The van der Waals surface area contributed by atoms with Gasteiger partial charge in [-0.25, -0.2) is 8.42 Å². The molecule has 7 heteroatoms. The van der Waals surface area contributed by atoms with Crippen molar-refractivity contribution in [1.82, 2.24) is 0 Å². The molecule has 1 heterocycles. The van der Waals surface area contributed by atoms with Crippen LogP contribution >= 0.6 is 0 Å². The van der Waals surface area contributed by atoms with Gasteiger partial charge in [-0.15, -0.1) is 0 Å². The van der Waals surface area contributed by atoms with E-state index in [4.69, 9.17) is 4.74 Å². The number of benzene rings is 2. The molecule has 2 aromatic rings. The largest absolute Gasteiger partial charge is 0.476 e. The molecule has 0 aromatic heterocycles. The van der Waals surface area contributed by atoms with E-state index in [9.17, 15) is 13.2 Å². The molecule has 0 spiro atoms. The van der Waals surface area contributed by atoms with Gasteiger partial charge >= 0.3 is 0 Å². The molecule has 0 aliphatic carbocycles. The number of amides is 1.